The van der Waals surface area contributed by atoms with Crippen molar-refractivity contribution in [3.63, 3.8) is 0 Å². The lowest BCUT2D eigenvalue weighted by Crippen LogP contribution is -2.45. The molecule has 1 heteroatoms. The summed E-state index contributed by atoms with van der Waals surface area (Å²) >= 11 is 0. The zero-order valence-corrected chi connectivity index (χ0v) is 6.44. The monoisotopic (exact) mass is 125 g/mol. The molecule has 1 aliphatic rings. The molecule has 0 saturated carbocycles. The van der Waals surface area contributed by atoms with Gasteiger partial charge in [-0.05, 0) is 27.2 Å². The zero-order valence-electron chi connectivity index (χ0n) is 6.44. The van der Waals surface area contributed by atoms with E-state index in [1.165, 1.54) is 6.42 Å². The highest BCUT2D eigenvalue weighted by atomic mass is 15.0. The van der Waals surface area contributed by atoms with Crippen LogP contribution >= 0.6 is 0 Å². The number of hydrogen-bond acceptors (Lipinski definition) is 1. The molecule has 9 heavy (non-hydrogen) atoms. The van der Waals surface area contributed by atoms with Crippen LogP contribution < -0.4 is 5.32 Å². The van der Waals surface area contributed by atoms with Crippen molar-refractivity contribution < 1.29 is 0 Å². The first-order chi connectivity index (χ1) is 4.10. The summed E-state index contributed by atoms with van der Waals surface area (Å²) in [6, 6.07) is 0.644. The van der Waals surface area contributed by atoms with Crippen molar-refractivity contribution in [2.75, 3.05) is 0 Å². The first kappa shape index (κ1) is 6.81. The minimum absolute atomic E-state index is 0.220. The van der Waals surface area contributed by atoms with Gasteiger partial charge >= 0.3 is 0 Å². The van der Waals surface area contributed by atoms with Gasteiger partial charge < -0.3 is 5.32 Å². The summed E-state index contributed by atoms with van der Waals surface area (Å²) in [7, 11) is 0. The van der Waals surface area contributed by atoms with E-state index >= 15 is 0 Å². The second kappa shape index (κ2) is 2.14. The fourth-order valence-corrected chi connectivity index (χ4v) is 1.31. The van der Waals surface area contributed by atoms with E-state index in [1.54, 1.807) is 0 Å². The normalized spacial score (nSPS) is 32.6. The Balaban J connectivity index is 2.60. The van der Waals surface area contributed by atoms with Gasteiger partial charge in [-0.25, -0.2) is 0 Å². The average Bonchev–Trinajstić information content (AvgIpc) is 1.60. The Morgan fingerprint density at radius 2 is 2.22 bits per heavy atom. The van der Waals surface area contributed by atoms with Crippen LogP contribution in [0.3, 0.4) is 0 Å². The van der Waals surface area contributed by atoms with Crippen molar-refractivity contribution >= 4 is 0 Å². The highest BCUT2D eigenvalue weighted by molar-refractivity contribution is 5.07. The van der Waals surface area contributed by atoms with Crippen LogP contribution in [0.5, 0.6) is 0 Å². The van der Waals surface area contributed by atoms with Gasteiger partial charge in [0.25, 0.3) is 0 Å². The predicted octanol–water partition coefficient (Wildman–Crippen LogP) is 1.70. The van der Waals surface area contributed by atoms with E-state index in [1.807, 2.05) is 0 Å². The fourth-order valence-electron chi connectivity index (χ4n) is 1.31. The standard InChI is InChI=1S/C8H15N/c1-7-5-4-6-8(2,3)9-7/h4,6-7,9H,5H2,1-3H3. The maximum Gasteiger partial charge on any atom is 0.0309 e. The molecule has 0 fully saturated rings. The lowest BCUT2D eigenvalue weighted by atomic mass is 9.97. The SMILES string of the molecule is CC1CC=CC(C)(C)N1. The molecule has 0 bridgehead atoms. The van der Waals surface area contributed by atoms with Gasteiger partial charge in [0.15, 0.2) is 0 Å². The largest absolute Gasteiger partial charge is 0.306 e. The van der Waals surface area contributed by atoms with E-state index in [0.717, 1.165) is 0 Å². The minimum atomic E-state index is 0.220. The molecule has 1 unspecified atom stereocenters. The van der Waals surface area contributed by atoms with E-state index in [9.17, 15) is 0 Å². The third-order valence-corrected chi connectivity index (χ3v) is 1.64. The molecule has 0 aromatic carbocycles. The molecule has 1 aliphatic heterocycles. The third-order valence-electron chi connectivity index (χ3n) is 1.64. The summed E-state index contributed by atoms with van der Waals surface area (Å²) in [4.78, 5) is 0. The Morgan fingerprint density at radius 3 is 2.56 bits per heavy atom. The van der Waals surface area contributed by atoms with E-state index in [2.05, 4.69) is 38.2 Å². The number of rotatable bonds is 0. The van der Waals surface area contributed by atoms with Crippen LogP contribution in [0.1, 0.15) is 27.2 Å². The molecule has 0 aromatic heterocycles. The van der Waals surface area contributed by atoms with Crippen LogP contribution in [0.2, 0.25) is 0 Å². The van der Waals surface area contributed by atoms with Crippen LogP contribution in [-0.2, 0) is 0 Å². The van der Waals surface area contributed by atoms with Crippen molar-refractivity contribution in [3.05, 3.63) is 12.2 Å². The van der Waals surface area contributed by atoms with Gasteiger partial charge in [-0.2, -0.15) is 0 Å². The van der Waals surface area contributed by atoms with Crippen LogP contribution in [0.25, 0.3) is 0 Å². The van der Waals surface area contributed by atoms with Gasteiger partial charge in [-0.1, -0.05) is 12.2 Å². The Labute approximate surface area is 57.1 Å². The maximum absolute atomic E-state index is 3.47. The van der Waals surface area contributed by atoms with Gasteiger partial charge in [0.05, 0.1) is 0 Å². The minimum Gasteiger partial charge on any atom is -0.306 e. The van der Waals surface area contributed by atoms with Crippen molar-refractivity contribution in [1.29, 1.82) is 0 Å². The predicted molar refractivity (Wildman–Crippen MR) is 40.4 cm³/mol. The van der Waals surface area contributed by atoms with Crippen LogP contribution in [0.4, 0.5) is 0 Å². The molecule has 1 heterocycles. The molecular weight excluding hydrogens is 110 g/mol. The highest BCUT2D eigenvalue weighted by Crippen LogP contribution is 2.12. The molecule has 1 N–H and O–H groups in total. The second-order valence-electron chi connectivity index (χ2n) is 3.41. The summed E-state index contributed by atoms with van der Waals surface area (Å²) < 4.78 is 0. The van der Waals surface area contributed by atoms with E-state index in [4.69, 9.17) is 0 Å². The maximum atomic E-state index is 3.47. The first-order valence-corrected chi connectivity index (χ1v) is 3.55. The van der Waals surface area contributed by atoms with Crippen molar-refractivity contribution in [2.45, 2.75) is 38.8 Å². The molecule has 1 nitrogen and oxygen atoms in total. The van der Waals surface area contributed by atoms with Gasteiger partial charge in [0, 0.05) is 11.6 Å². The molecule has 1 atom stereocenters. The Morgan fingerprint density at radius 1 is 1.56 bits per heavy atom. The smallest absolute Gasteiger partial charge is 0.0309 e. The van der Waals surface area contributed by atoms with Crippen LogP contribution in [-0.4, -0.2) is 11.6 Å². The van der Waals surface area contributed by atoms with Crippen LogP contribution in [0, 0.1) is 0 Å². The topological polar surface area (TPSA) is 12.0 Å². The Kier molecular flexibility index (Phi) is 1.62. The Bertz CT molecular complexity index is 125. The summed E-state index contributed by atoms with van der Waals surface area (Å²) in [5, 5.41) is 3.47. The Hall–Kier alpha value is -0.300. The van der Waals surface area contributed by atoms with E-state index < -0.39 is 0 Å². The molecule has 1 rings (SSSR count). The van der Waals surface area contributed by atoms with Gasteiger partial charge in [0.1, 0.15) is 0 Å². The molecule has 52 valence electrons. The van der Waals surface area contributed by atoms with Crippen molar-refractivity contribution in [2.24, 2.45) is 0 Å². The zero-order chi connectivity index (χ0) is 6.91. The quantitative estimate of drug-likeness (QED) is 0.486. The van der Waals surface area contributed by atoms with Crippen molar-refractivity contribution in [1.82, 2.24) is 5.32 Å². The fraction of sp³-hybridized carbons (Fsp3) is 0.750. The molecule has 0 saturated heterocycles. The molecule has 0 aliphatic carbocycles. The molecule has 0 spiro atoms. The average molecular weight is 125 g/mol. The van der Waals surface area contributed by atoms with E-state index in [-0.39, 0.29) is 5.54 Å². The lowest BCUT2D eigenvalue weighted by Gasteiger charge is -2.30. The molecule has 0 radical (unpaired) electrons. The molecule has 0 aromatic rings. The van der Waals surface area contributed by atoms with Gasteiger partial charge in [-0.15, -0.1) is 0 Å². The van der Waals surface area contributed by atoms with Crippen LogP contribution in [0.15, 0.2) is 12.2 Å². The molecule has 0 amide bonds. The lowest BCUT2D eigenvalue weighted by molar-refractivity contribution is 0.392. The van der Waals surface area contributed by atoms with Gasteiger partial charge in [0.2, 0.25) is 0 Å². The third kappa shape index (κ3) is 1.83. The number of hydrogen-bond donors (Lipinski definition) is 1. The second-order valence-corrected chi connectivity index (χ2v) is 3.41. The summed E-state index contributed by atoms with van der Waals surface area (Å²) in [6.07, 6.45) is 5.65. The van der Waals surface area contributed by atoms with Crippen molar-refractivity contribution in [3.8, 4) is 0 Å². The summed E-state index contributed by atoms with van der Waals surface area (Å²) in [5.41, 5.74) is 0.220. The highest BCUT2D eigenvalue weighted by Gasteiger charge is 2.18. The summed E-state index contributed by atoms with van der Waals surface area (Å²) in [5.74, 6) is 0. The molecular formula is C8H15N. The first-order valence-electron chi connectivity index (χ1n) is 3.55. The van der Waals surface area contributed by atoms with E-state index in [0.29, 0.717) is 6.04 Å². The number of nitrogens with one attached hydrogen (secondary N) is 1. The van der Waals surface area contributed by atoms with Gasteiger partial charge in [-0.3, -0.25) is 0 Å². The summed E-state index contributed by atoms with van der Waals surface area (Å²) in [6.45, 7) is 6.60.